The van der Waals surface area contributed by atoms with E-state index in [0.717, 1.165) is 11.6 Å². The summed E-state index contributed by atoms with van der Waals surface area (Å²) < 4.78 is 32.7. The first-order chi connectivity index (χ1) is 14.4. The Hall–Kier alpha value is -3.92. The lowest BCUT2D eigenvalue weighted by Gasteiger charge is -2.10. The number of sulfonamides is 1. The topological polar surface area (TPSA) is 123 Å². The van der Waals surface area contributed by atoms with E-state index in [0.29, 0.717) is 11.4 Å². The highest BCUT2D eigenvalue weighted by Gasteiger charge is 2.21. The molecule has 0 atom stereocenters. The van der Waals surface area contributed by atoms with E-state index in [1.54, 1.807) is 12.1 Å². The van der Waals surface area contributed by atoms with Gasteiger partial charge in [-0.2, -0.15) is 5.10 Å². The molecule has 30 heavy (non-hydrogen) atoms. The molecule has 0 radical (unpaired) electrons. The lowest BCUT2D eigenvalue weighted by molar-refractivity contribution is -0.384. The Labute approximate surface area is 173 Å². The Balaban J connectivity index is 1.82. The number of anilines is 2. The van der Waals surface area contributed by atoms with Gasteiger partial charge in [-0.1, -0.05) is 30.3 Å². The van der Waals surface area contributed by atoms with E-state index in [4.69, 9.17) is 4.74 Å². The summed E-state index contributed by atoms with van der Waals surface area (Å²) in [5.74, 6) is 0.570. The predicted molar refractivity (Wildman–Crippen MR) is 115 cm³/mol. The van der Waals surface area contributed by atoms with Gasteiger partial charge in [0.25, 0.3) is 15.7 Å². The highest BCUT2D eigenvalue weighted by Crippen LogP contribution is 2.29. The Bertz CT molecular complexity index is 1160. The van der Waals surface area contributed by atoms with Crippen LogP contribution in [0.1, 0.15) is 5.56 Å². The van der Waals surface area contributed by atoms with Crippen molar-refractivity contribution in [2.75, 3.05) is 17.3 Å². The number of nitro groups is 1. The molecule has 0 bridgehead atoms. The maximum atomic E-state index is 12.6. The maximum Gasteiger partial charge on any atom is 0.295 e. The fraction of sp³-hybridized carbons (Fsp3) is 0.0500. The summed E-state index contributed by atoms with van der Waals surface area (Å²) in [5, 5.41) is 15.4. The summed E-state index contributed by atoms with van der Waals surface area (Å²) in [7, 11) is -2.53. The van der Waals surface area contributed by atoms with E-state index >= 15 is 0 Å². The summed E-state index contributed by atoms with van der Waals surface area (Å²) in [6, 6.07) is 18.9. The number of methoxy groups -OCH3 is 1. The third kappa shape index (κ3) is 5.11. The van der Waals surface area contributed by atoms with Crippen molar-refractivity contribution >= 4 is 33.3 Å². The number of hydrogen-bond donors (Lipinski definition) is 2. The van der Waals surface area contributed by atoms with Gasteiger partial charge in [0.15, 0.2) is 0 Å². The van der Waals surface area contributed by atoms with Gasteiger partial charge in [-0.25, -0.2) is 8.42 Å². The van der Waals surface area contributed by atoms with Gasteiger partial charge in [-0.3, -0.25) is 20.3 Å². The van der Waals surface area contributed by atoms with E-state index in [1.807, 2.05) is 30.3 Å². The van der Waals surface area contributed by atoms with Gasteiger partial charge in [0.2, 0.25) is 0 Å². The molecule has 154 valence electrons. The monoisotopic (exact) mass is 426 g/mol. The van der Waals surface area contributed by atoms with Crippen molar-refractivity contribution in [2.24, 2.45) is 5.10 Å². The molecule has 10 heteroatoms. The second-order valence-electron chi connectivity index (χ2n) is 6.05. The van der Waals surface area contributed by atoms with Crippen molar-refractivity contribution in [1.82, 2.24) is 0 Å². The molecule has 0 spiro atoms. The van der Waals surface area contributed by atoms with Crippen molar-refractivity contribution in [3.8, 4) is 5.75 Å². The summed E-state index contributed by atoms with van der Waals surface area (Å²) in [4.78, 5) is 10.5. The fourth-order valence-corrected chi connectivity index (χ4v) is 3.59. The highest BCUT2D eigenvalue weighted by atomic mass is 32.2. The molecule has 0 aliphatic heterocycles. The number of rotatable bonds is 8. The first-order valence-corrected chi connectivity index (χ1v) is 10.2. The van der Waals surface area contributed by atoms with Crippen LogP contribution in [0.15, 0.2) is 82.8 Å². The molecule has 0 fully saturated rings. The van der Waals surface area contributed by atoms with Crippen LogP contribution in [0.4, 0.5) is 17.1 Å². The summed E-state index contributed by atoms with van der Waals surface area (Å²) in [6.45, 7) is 0. The van der Waals surface area contributed by atoms with Gasteiger partial charge in [0, 0.05) is 11.8 Å². The number of hydrogen-bond acceptors (Lipinski definition) is 7. The minimum atomic E-state index is -4.03. The van der Waals surface area contributed by atoms with Crippen LogP contribution in [0.2, 0.25) is 0 Å². The Morgan fingerprint density at radius 3 is 2.37 bits per heavy atom. The number of nitrogens with zero attached hydrogens (tertiary/aromatic N) is 2. The summed E-state index contributed by atoms with van der Waals surface area (Å²) in [6.07, 6.45) is 1.50. The van der Waals surface area contributed by atoms with Crippen molar-refractivity contribution in [3.05, 3.63) is 88.5 Å². The average Bonchev–Trinajstić information content (AvgIpc) is 2.74. The lowest BCUT2D eigenvalue weighted by atomic mass is 10.2. The molecule has 9 nitrogen and oxygen atoms in total. The van der Waals surface area contributed by atoms with E-state index in [9.17, 15) is 18.5 Å². The zero-order valence-corrected chi connectivity index (χ0v) is 16.7. The first-order valence-electron chi connectivity index (χ1n) is 8.68. The number of nitro benzene ring substituents is 1. The third-order valence-corrected chi connectivity index (χ3v) is 5.40. The molecule has 3 aromatic carbocycles. The molecule has 0 aliphatic carbocycles. The van der Waals surface area contributed by atoms with E-state index in [-0.39, 0.29) is 10.6 Å². The van der Waals surface area contributed by atoms with E-state index in [1.165, 1.54) is 37.6 Å². The lowest BCUT2D eigenvalue weighted by Crippen LogP contribution is -2.13. The molecule has 0 heterocycles. The van der Waals surface area contributed by atoms with Gasteiger partial charge < -0.3 is 4.74 Å². The largest absolute Gasteiger partial charge is 0.497 e. The average molecular weight is 426 g/mol. The van der Waals surface area contributed by atoms with Gasteiger partial charge in [0.1, 0.15) is 11.4 Å². The van der Waals surface area contributed by atoms with Crippen LogP contribution in [0.25, 0.3) is 0 Å². The van der Waals surface area contributed by atoms with Crippen molar-refractivity contribution < 1.29 is 18.1 Å². The van der Waals surface area contributed by atoms with Crippen molar-refractivity contribution in [1.29, 1.82) is 0 Å². The molecule has 2 N–H and O–H groups in total. The molecule has 3 rings (SSSR count). The minimum absolute atomic E-state index is 0.0654. The molecule has 0 saturated heterocycles. The van der Waals surface area contributed by atoms with Gasteiger partial charge in [-0.15, -0.1) is 0 Å². The van der Waals surface area contributed by atoms with Gasteiger partial charge in [-0.05, 0) is 42.0 Å². The molecule has 0 aromatic heterocycles. The number of hydrazone groups is 1. The van der Waals surface area contributed by atoms with Crippen LogP contribution in [-0.4, -0.2) is 26.7 Å². The molecule has 0 saturated carbocycles. The van der Waals surface area contributed by atoms with Gasteiger partial charge in [0.05, 0.1) is 23.1 Å². The first kappa shape index (κ1) is 20.8. The van der Waals surface area contributed by atoms with E-state index < -0.39 is 20.6 Å². The molecule has 0 aliphatic rings. The SMILES string of the molecule is COc1ccc(NS(=O)(=O)c2ccc(NN=Cc3ccccc3)c([N+](=O)[O-])c2)cc1. The smallest absolute Gasteiger partial charge is 0.295 e. The zero-order chi connectivity index (χ0) is 21.6. The predicted octanol–water partition coefficient (Wildman–Crippen LogP) is 3.85. The highest BCUT2D eigenvalue weighted by molar-refractivity contribution is 7.92. The zero-order valence-electron chi connectivity index (χ0n) is 15.8. The second kappa shape index (κ2) is 9.05. The van der Waals surface area contributed by atoms with Crippen LogP contribution in [0.3, 0.4) is 0 Å². The minimum Gasteiger partial charge on any atom is -0.497 e. The summed E-state index contributed by atoms with van der Waals surface area (Å²) in [5.41, 5.74) is 3.33. The number of benzene rings is 3. The number of nitrogens with one attached hydrogen (secondary N) is 2. The Kier molecular flexibility index (Phi) is 6.28. The van der Waals surface area contributed by atoms with Crippen LogP contribution in [-0.2, 0) is 10.0 Å². The molecule has 0 amide bonds. The van der Waals surface area contributed by atoms with Crippen molar-refractivity contribution in [2.45, 2.75) is 4.90 Å². The second-order valence-corrected chi connectivity index (χ2v) is 7.73. The quantitative estimate of drug-likeness (QED) is 0.320. The Morgan fingerprint density at radius 1 is 1.03 bits per heavy atom. The van der Waals surface area contributed by atoms with Crippen molar-refractivity contribution in [3.63, 3.8) is 0 Å². The maximum absolute atomic E-state index is 12.6. The third-order valence-electron chi connectivity index (χ3n) is 4.02. The summed E-state index contributed by atoms with van der Waals surface area (Å²) >= 11 is 0. The fourth-order valence-electron chi connectivity index (χ4n) is 2.51. The van der Waals surface area contributed by atoms with E-state index in [2.05, 4.69) is 15.2 Å². The molecular formula is C20H18N4O5S. The normalized spacial score (nSPS) is 11.2. The standard InChI is InChI=1S/C20H18N4O5S/c1-29-17-9-7-16(8-10-17)23-30(27,28)18-11-12-19(20(13-18)24(25)26)22-21-14-15-5-3-2-4-6-15/h2-14,22-23H,1H3. The van der Waals surface area contributed by atoms with Crippen LogP contribution >= 0.6 is 0 Å². The van der Waals surface area contributed by atoms with Gasteiger partial charge >= 0.3 is 0 Å². The molecule has 0 unspecified atom stereocenters. The Morgan fingerprint density at radius 2 is 1.73 bits per heavy atom. The number of ether oxygens (including phenoxy) is 1. The molecule has 3 aromatic rings. The van der Waals surface area contributed by atoms with Crippen LogP contribution < -0.4 is 14.9 Å². The van der Waals surface area contributed by atoms with Crippen LogP contribution in [0.5, 0.6) is 5.75 Å². The molecular weight excluding hydrogens is 408 g/mol. The van der Waals surface area contributed by atoms with Crippen LogP contribution in [0, 0.1) is 10.1 Å².